The predicted octanol–water partition coefficient (Wildman–Crippen LogP) is 2.74. The summed E-state index contributed by atoms with van der Waals surface area (Å²) in [7, 11) is 0. The van der Waals surface area contributed by atoms with Crippen molar-refractivity contribution in [2.75, 3.05) is 5.32 Å². The summed E-state index contributed by atoms with van der Waals surface area (Å²) in [4.78, 5) is 45.5. The summed E-state index contributed by atoms with van der Waals surface area (Å²) < 4.78 is 7.30. The molecule has 4 aromatic rings. The van der Waals surface area contributed by atoms with Crippen LogP contribution < -0.4 is 5.32 Å². The first kappa shape index (κ1) is 20.0. The van der Waals surface area contributed by atoms with Gasteiger partial charge in [0.25, 0.3) is 5.91 Å². The van der Waals surface area contributed by atoms with Crippen molar-refractivity contribution < 1.29 is 14.3 Å². The topological polar surface area (TPSA) is 141 Å². The molecule has 1 aliphatic carbocycles. The average molecular weight is 434 g/mol. The summed E-state index contributed by atoms with van der Waals surface area (Å²) in [6.07, 6.45) is 5.42. The van der Waals surface area contributed by atoms with Crippen LogP contribution in [0.5, 0.6) is 0 Å². The molecule has 2 N–H and O–H groups in total. The van der Waals surface area contributed by atoms with E-state index in [9.17, 15) is 9.59 Å². The van der Waals surface area contributed by atoms with E-state index in [1.165, 1.54) is 19.6 Å². The van der Waals surface area contributed by atoms with Crippen LogP contribution in [0.3, 0.4) is 0 Å². The summed E-state index contributed by atoms with van der Waals surface area (Å²) in [6.45, 7) is 5.52. The number of carbonyl (C=O) groups is 2. The molecule has 164 valence electrons. The van der Waals surface area contributed by atoms with Gasteiger partial charge in [-0.15, -0.1) is 0 Å². The zero-order valence-electron chi connectivity index (χ0n) is 17.9. The number of amides is 1. The third-order valence-electron chi connectivity index (χ3n) is 5.41. The van der Waals surface area contributed by atoms with E-state index in [0.29, 0.717) is 33.7 Å². The number of nitrogens with one attached hydrogen (secondary N) is 2. The molecule has 1 fully saturated rings. The van der Waals surface area contributed by atoms with Crippen molar-refractivity contribution in [3.8, 4) is 0 Å². The summed E-state index contributed by atoms with van der Waals surface area (Å²) in [6, 6.07) is 1.85. The second-order valence-electron chi connectivity index (χ2n) is 8.15. The van der Waals surface area contributed by atoms with Gasteiger partial charge in [0.2, 0.25) is 0 Å². The lowest BCUT2D eigenvalue weighted by Crippen LogP contribution is -2.30. The molecule has 1 amide bonds. The average Bonchev–Trinajstić information content (AvgIpc) is 3.34. The number of hydrogen-bond donors (Lipinski definition) is 2. The minimum Gasteiger partial charge on any atom is -0.449 e. The Morgan fingerprint density at radius 3 is 2.78 bits per heavy atom. The predicted molar refractivity (Wildman–Crippen MR) is 115 cm³/mol. The highest BCUT2D eigenvalue weighted by atomic mass is 16.5. The zero-order valence-corrected chi connectivity index (χ0v) is 17.9. The number of carbonyl (C=O) groups excluding carboxylic acids is 2. The van der Waals surface area contributed by atoms with Crippen LogP contribution in [0.25, 0.3) is 22.2 Å². The molecule has 0 spiro atoms. The molecule has 5 rings (SSSR count). The van der Waals surface area contributed by atoms with Gasteiger partial charge in [-0.25, -0.2) is 29.4 Å². The lowest BCUT2D eigenvalue weighted by atomic mass is 10.1. The molecule has 11 heteroatoms. The zero-order chi connectivity index (χ0) is 22.4. The fourth-order valence-corrected chi connectivity index (χ4v) is 3.53. The van der Waals surface area contributed by atoms with Gasteiger partial charge in [-0.3, -0.25) is 4.79 Å². The maximum atomic E-state index is 13.1. The van der Waals surface area contributed by atoms with Gasteiger partial charge >= 0.3 is 5.97 Å². The highest BCUT2D eigenvalue weighted by molar-refractivity contribution is 6.05. The molecular formula is C21H22N8O3. The van der Waals surface area contributed by atoms with E-state index in [1.807, 2.05) is 13.8 Å². The standard InChI is InChI=1S/C21H22N8O3/c1-10(2)29-19-14(7-26-29)13(6-15(27-19)12-4-5-12)21(31)32-11(3)20(30)28-18-16-17(23-8-22-16)24-9-25-18/h6-12H,4-5H2,1-3H3,(H2,22,23,24,25,28,30)/t11-/m1/s1. The Bertz CT molecular complexity index is 1340. The monoisotopic (exact) mass is 434 g/mol. The molecule has 11 nitrogen and oxygen atoms in total. The van der Waals surface area contributed by atoms with Crippen LogP contribution in [0.4, 0.5) is 5.82 Å². The molecule has 0 unspecified atom stereocenters. The van der Waals surface area contributed by atoms with Crippen LogP contribution in [0.15, 0.2) is 24.9 Å². The van der Waals surface area contributed by atoms with Crippen molar-refractivity contribution in [1.82, 2.24) is 34.7 Å². The van der Waals surface area contributed by atoms with Gasteiger partial charge in [0, 0.05) is 17.7 Å². The van der Waals surface area contributed by atoms with Crippen molar-refractivity contribution in [2.45, 2.75) is 51.7 Å². The number of fused-ring (bicyclic) bond motifs is 2. The van der Waals surface area contributed by atoms with E-state index in [2.05, 4.69) is 30.4 Å². The smallest absolute Gasteiger partial charge is 0.339 e. The third-order valence-corrected chi connectivity index (χ3v) is 5.41. The molecule has 0 radical (unpaired) electrons. The lowest BCUT2D eigenvalue weighted by molar-refractivity contribution is -0.123. The fraction of sp³-hybridized carbons (Fsp3) is 0.381. The fourth-order valence-electron chi connectivity index (χ4n) is 3.53. The number of ether oxygens (including phenoxy) is 1. The van der Waals surface area contributed by atoms with Crippen molar-refractivity contribution in [2.24, 2.45) is 0 Å². The normalized spacial score (nSPS) is 14.8. The molecule has 0 aromatic carbocycles. The van der Waals surface area contributed by atoms with Crippen molar-refractivity contribution in [1.29, 1.82) is 0 Å². The van der Waals surface area contributed by atoms with Crippen LogP contribution in [0.2, 0.25) is 0 Å². The Morgan fingerprint density at radius 1 is 1.22 bits per heavy atom. The number of aromatic nitrogens is 7. The van der Waals surface area contributed by atoms with Gasteiger partial charge in [0.1, 0.15) is 11.8 Å². The lowest BCUT2D eigenvalue weighted by Gasteiger charge is -2.14. The minimum atomic E-state index is -1.05. The highest BCUT2D eigenvalue weighted by Gasteiger charge is 2.29. The molecule has 4 aromatic heterocycles. The van der Waals surface area contributed by atoms with E-state index in [0.717, 1.165) is 18.5 Å². The maximum Gasteiger partial charge on any atom is 0.339 e. The Kier molecular flexibility index (Phi) is 4.80. The maximum absolute atomic E-state index is 13.1. The Labute approximate surface area is 182 Å². The van der Waals surface area contributed by atoms with Gasteiger partial charge in [-0.1, -0.05) is 0 Å². The SMILES string of the molecule is CC(C)n1ncc2c(C(=O)O[C@H](C)C(=O)Nc3ncnc4nc[nH]c34)cc(C3CC3)nc21. The molecule has 1 saturated carbocycles. The Morgan fingerprint density at radius 2 is 2.03 bits per heavy atom. The van der Waals surface area contributed by atoms with Gasteiger partial charge in [-0.05, 0) is 39.7 Å². The number of anilines is 1. The first-order valence-electron chi connectivity index (χ1n) is 10.5. The van der Waals surface area contributed by atoms with E-state index in [4.69, 9.17) is 9.72 Å². The van der Waals surface area contributed by atoms with E-state index < -0.39 is 18.0 Å². The van der Waals surface area contributed by atoms with Crippen LogP contribution in [-0.4, -0.2) is 52.7 Å². The molecule has 0 bridgehead atoms. The summed E-state index contributed by atoms with van der Waals surface area (Å²) in [5.74, 6) is -0.504. The second kappa shape index (κ2) is 7.66. The van der Waals surface area contributed by atoms with Crippen LogP contribution in [0, 0.1) is 0 Å². The molecule has 4 heterocycles. The molecule has 0 saturated heterocycles. The number of esters is 1. The van der Waals surface area contributed by atoms with Crippen molar-refractivity contribution in [3.63, 3.8) is 0 Å². The van der Waals surface area contributed by atoms with Gasteiger partial charge in [0.15, 0.2) is 23.2 Å². The van der Waals surface area contributed by atoms with E-state index in [1.54, 1.807) is 16.9 Å². The molecule has 0 aliphatic heterocycles. The van der Waals surface area contributed by atoms with Crippen molar-refractivity contribution >= 4 is 39.9 Å². The molecule has 1 aliphatic rings. The number of rotatable bonds is 6. The first-order valence-corrected chi connectivity index (χ1v) is 10.5. The van der Waals surface area contributed by atoms with E-state index in [-0.39, 0.29) is 11.9 Å². The Hall–Kier alpha value is -3.89. The number of aromatic amines is 1. The van der Waals surface area contributed by atoms with Crippen LogP contribution in [0.1, 0.15) is 61.6 Å². The van der Waals surface area contributed by atoms with Crippen LogP contribution in [-0.2, 0) is 9.53 Å². The number of pyridine rings is 1. The second-order valence-corrected chi connectivity index (χ2v) is 8.15. The largest absolute Gasteiger partial charge is 0.449 e. The minimum absolute atomic E-state index is 0.0928. The molecule has 1 atom stereocenters. The molecular weight excluding hydrogens is 412 g/mol. The highest BCUT2D eigenvalue weighted by Crippen LogP contribution is 2.40. The first-order chi connectivity index (χ1) is 15.4. The quantitative estimate of drug-likeness (QED) is 0.441. The van der Waals surface area contributed by atoms with Gasteiger partial charge in [-0.2, -0.15) is 5.10 Å². The number of imidazole rings is 1. The summed E-state index contributed by atoms with van der Waals surface area (Å²) in [5.41, 5.74) is 2.78. The van der Waals surface area contributed by atoms with Crippen molar-refractivity contribution in [3.05, 3.63) is 36.2 Å². The number of H-pyrrole nitrogens is 1. The number of hydrogen-bond acceptors (Lipinski definition) is 8. The Balaban J connectivity index is 1.39. The molecule has 32 heavy (non-hydrogen) atoms. The number of nitrogens with zero attached hydrogens (tertiary/aromatic N) is 6. The van der Waals surface area contributed by atoms with E-state index >= 15 is 0 Å². The summed E-state index contributed by atoms with van der Waals surface area (Å²) >= 11 is 0. The van der Waals surface area contributed by atoms with Gasteiger partial charge in [0.05, 0.1) is 23.5 Å². The third kappa shape index (κ3) is 3.55. The van der Waals surface area contributed by atoms with Crippen LogP contribution >= 0.6 is 0 Å². The van der Waals surface area contributed by atoms with Gasteiger partial charge < -0.3 is 15.0 Å². The summed E-state index contributed by atoms with van der Waals surface area (Å²) in [5, 5.41) is 7.66.